The van der Waals surface area contributed by atoms with Gasteiger partial charge in [0.25, 0.3) is 5.91 Å². The van der Waals surface area contributed by atoms with Crippen LogP contribution < -0.4 is 5.32 Å². The predicted molar refractivity (Wildman–Crippen MR) is 77.9 cm³/mol. The molecule has 0 aliphatic carbocycles. The number of hydrogen-bond acceptors (Lipinski definition) is 3. The number of carbonyl (C=O) groups excluding carboxylic acids is 2. The second kappa shape index (κ2) is 6.79. The number of methoxy groups -OCH3 is 1. The number of nitrogens with one attached hydrogen (secondary N) is 1. The van der Waals surface area contributed by atoms with Crippen LogP contribution in [0.5, 0.6) is 0 Å². The van der Waals surface area contributed by atoms with Crippen molar-refractivity contribution in [3.63, 3.8) is 0 Å². The predicted octanol–water partition coefficient (Wildman–Crippen LogP) is 2.65. The lowest BCUT2D eigenvalue weighted by molar-refractivity contribution is -0.144. The van der Waals surface area contributed by atoms with Gasteiger partial charge in [-0.3, -0.25) is 4.79 Å². The molecular formula is C14H21ClN2O3. The fraction of sp³-hybridized carbons (Fsp3) is 0.571. The van der Waals surface area contributed by atoms with Gasteiger partial charge in [-0.1, -0.05) is 25.4 Å². The molecule has 6 heteroatoms. The van der Waals surface area contributed by atoms with Gasteiger partial charge in [0.1, 0.15) is 11.7 Å². The molecule has 1 aromatic rings. The van der Waals surface area contributed by atoms with E-state index in [9.17, 15) is 9.59 Å². The molecule has 1 aromatic heterocycles. The van der Waals surface area contributed by atoms with E-state index in [0.29, 0.717) is 10.7 Å². The highest BCUT2D eigenvalue weighted by Crippen LogP contribution is 2.19. The summed E-state index contributed by atoms with van der Waals surface area (Å²) in [6, 6.07) is 1.01. The van der Waals surface area contributed by atoms with Gasteiger partial charge in [-0.05, 0) is 25.8 Å². The number of rotatable bonds is 5. The van der Waals surface area contributed by atoms with Crippen molar-refractivity contribution in [1.82, 2.24) is 9.88 Å². The van der Waals surface area contributed by atoms with E-state index in [1.54, 1.807) is 16.8 Å². The second-order valence-electron chi connectivity index (χ2n) is 5.26. The first kappa shape index (κ1) is 16.6. The zero-order valence-electron chi connectivity index (χ0n) is 12.4. The fourth-order valence-electron chi connectivity index (χ4n) is 1.89. The maximum Gasteiger partial charge on any atom is 0.328 e. The molecule has 0 aliphatic rings. The topological polar surface area (TPSA) is 60.3 Å². The van der Waals surface area contributed by atoms with Crippen LogP contribution in [0, 0.1) is 5.92 Å². The van der Waals surface area contributed by atoms with E-state index in [1.807, 2.05) is 27.7 Å². The maximum atomic E-state index is 12.3. The summed E-state index contributed by atoms with van der Waals surface area (Å²) in [5, 5.41) is 3.19. The number of ether oxygens (including phenoxy) is 1. The zero-order valence-corrected chi connectivity index (χ0v) is 13.2. The summed E-state index contributed by atoms with van der Waals surface area (Å²) in [5.74, 6) is -0.860. The van der Waals surface area contributed by atoms with Crippen molar-refractivity contribution in [3.8, 4) is 0 Å². The molecule has 112 valence electrons. The molecule has 0 fully saturated rings. The molecule has 1 amide bonds. The summed E-state index contributed by atoms with van der Waals surface area (Å²) in [7, 11) is 1.30. The number of halogens is 1. The minimum atomic E-state index is -0.679. The standard InChI is InChI=1S/C14H21ClN2O3/c1-8(2)12(14(19)20-5)16-13(18)11-6-10(15)7-17(11)9(3)4/h6-9,12H,1-5H3,(H,16,18). The van der Waals surface area contributed by atoms with E-state index < -0.39 is 12.0 Å². The molecule has 0 aromatic carbocycles. The molecule has 0 saturated heterocycles. The lowest BCUT2D eigenvalue weighted by Crippen LogP contribution is -2.45. The van der Waals surface area contributed by atoms with Crippen LogP contribution in [0.25, 0.3) is 0 Å². The quantitative estimate of drug-likeness (QED) is 0.850. The van der Waals surface area contributed by atoms with Gasteiger partial charge in [0.2, 0.25) is 0 Å². The summed E-state index contributed by atoms with van der Waals surface area (Å²) in [6.07, 6.45) is 1.70. The first-order chi connectivity index (χ1) is 9.27. The third kappa shape index (κ3) is 3.76. The highest BCUT2D eigenvalue weighted by atomic mass is 35.5. The van der Waals surface area contributed by atoms with Crippen molar-refractivity contribution in [3.05, 3.63) is 23.0 Å². The lowest BCUT2D eigenvalue weighted by Gasteiger charge is -2.20. The van der Waals surface area contributed by atoms with Crippen LogP contribution >= 0.6 is 11.6 Å². The van der Waals surface area contributed by atoms with Crippen LogP contribution in [0.2, 0.25) is 5.02 Å². The smallest absolute Gasteiger partial charge is 0.328 e. The van der Waals surface area contributed by atoms with E-state index >= 15 is 0 Å². The summed E-state index contributed by atoms with van der Waals surface area (Å²) in [4.78, 5) is 24.0. The SMILES string of the molecule is COC(=O)C(NC(=O)c1cc(Cl)cn1C(C)C)C(C)C. The summed E-state index contributed by atoms with van der Waals surface area (Å²) < 4.78 is 6.48. The van der Waals surface area contributed by atoms with Crippen LogP contribution in [-0.2, 0) is 9.53 Å². The van der Waals surface area contributed by atoms with Crippen molar-refractivity contribution in [2.75, 3.05) is 7.11 Å². The molecular weight excluding hydrogens is 280 g/mol. The number of aromatic nitrogens is 1. The van der Waals surface area contributed by atoms with Crippen molar-refractivity contribution >= 4 is 23.5 Å². The molecule has 0 saturated carbocycles. The van der Waals surface area contributed by atoms with Crippen LogP contribution in [-0.4, -0.2) is 29.6 Å². The fourth-order valence-corrected chi connectivity index (χ4v) is 2.10. The molecule has 1 N–H and O–H groups in total. The van der Waals surface area contributed by atoms with Crippen LogP contribution in [0.1, 0.15) is 44.2 Å². The number of hydrogen-bond donors (Lipinski definition) is 1. The average molecular weight is 301 g/mol. The van der Waals surface area contributed by atoms with Crippen molar-refractivity contribution < 1.29 is 14.3 Å². The molecule has 5 nitrogen and oxygen atoms in total. The Bertz CT molecular complexity index is 495. The number of carbonyl (C=O) groups is 2. The third-order valence-corrected chi connectivity index (χ3v) is 3.22. The van der Waals surface area contributed by atoms with Crippen LogP contribution in [0.15, 0.2) is 12.3 Å². The molecule has 20 heavy (non-hydrogen) atoms. The van der Waals surface area contributed by atoms with Crippen molar-refractivity contribution in [2.45, 2.75) is 39.8 Å². The highest BCUT2D eigenvalue weighted by Gasteiger charge is 2.26. The molecule has 1 rings (SSSR count). The average Bonchev–Trinajstić information content (AvgIpc) is 2.76. The second-order valence-corrected chi connectivity index (χ2v) is 5.70. The molecule has 0 radical (unpaired) electrons. The Hall–Kier alpha value is -1.49. The molecule has 1 atom stereocenters. The van der Waals surface area contributed by atoms with E-state index in [4.69, 9.17) is 16.3 Å². The Morgan fingerprint density at radius 3 is 2.35 bits per heavy atom. The van der Waals surface area contributed by atoms with Crippen molar-refractivity contribution in [1.29, 1.82) is 0 Å². The minimum absolute atomic E-state index is 0.0654. The highest BCUT2D eigenvalue weighted by molar-refractivity contribution is 6.31. The van der Waals surface area contributed by atoms with Crippen molar-refractivity contribution in [2.24, 2.45) is 5.92 Å². The summed E-state index contributed by atoms with van der Waals surface area (Å²) in [6.45, 7) is 7.59. The summed E-state index contributed by atoms with van der Waals surface area (Å²) in [5.41, 5.74) is 0.430. The number of amides is 1. The molecule has 0 aliphatic heterocycles. The van der Waals surface area contributed by atoms with E-state index in [0.717, 1.165) is 0 Å². The van der Waals surface area contributed by atoms with Gasteiger partial charge < -0.3 is 14.6 Å². The Morgan fingerprint density at radius 2 is 1.90 bits per heavy atom. The van der Waals surface area contributed by atoms with Gasteiger partial charge in [-0.25, -0.2) is 4.79 Å². The Balaban J connectivity index is 2.98. The van der Waals surface area contributed by atoms with Gasteiger partial charge >= 0.3 is 5.97 Å². The minimum Gasteiger partial charge on any atom is -0.467 e. The molecule has 0 spiro atoms. The van der Waals surface area contributed by atoms with Gasteiger partial charge in [0.15, 0.2) is 0 Å². The molecule has 0 bridgehead atoms. The molecule has 1 unspecified atom stereocenters. The first-order valence-electron chi connectivity index (χ1n) is 6.54. The van der Waals surface area contributed by atoms with Gasteiger partial charge in [0, 0.05) is 12.2 Å². The Morgan fingerprint density at radius 1 is 1.30 bits per heavy atom. The normalized spacial score (nSPS) is 12.6. The largest absolute Gasteiger partial charge is 0.467 e. The lowest BCUT2D eigenvalue weighted by atomic mass is 10.0. The zero-order chi connectivity index (χ0) is 15.4. The third-order valence-electron chi connectivity index (χ3n) is 3.01. The maximum absolute atomic E-state index is 12.3. The Kier molecular flexibility index (Phi) is 5.62. The number of esters is 1. The number of nitrogens with zero attached hydrogens (tertiary/aromatic N) is 1. The monoisotopic (exact) mass is 300 g/mol. The van der Waals surface area contributed by atoms with E-state index in [1.165, 1.54) is 7.11 Å². The van der Waals surface area contributed by atoms with E-state index in [-0.39, 0.29) is 17.9 Å². The van der Waals surface area contributed by atoms with Gasteiger partial charge in [-0.15, -0.1) is 0 Å². The van der Waals surface area contributed by atoms with Crippen LogP contribution in [0.3, 0.4) is 0 Å². The summed E-state index contributed by atoms with van der Waals surface area (Å²) >= 11 is 5.95. The van der Waals surface area contributed by atoms with Gasteiger partial charge in [0.05, 0.1) is 12.1 Å². The van der Waals surface area contributed by atoms with Gasteiger partial charge in [-0.2, -0.15) is 0 Å². The molecule has 1 heterocycles. The van der Waals surface area contributed by atoms with Crippen LogP contribution in [0.4, 0.5) is 0 Å². The first-order valence-corrected chi connectivity index (χ1v) is 6.91. The Labute approximate surface area is 124 Å². The van der Waals surface area contributed by atoms with E-state index in [2.05, 4.69) is 5.32 Å².